The second-order valence-electron chi connectivity index (χ2n) is 7.39. The van der Waals surface area contributed by atoms with Crippen LogP contribution in [0.25, 0.3) is 0 Å². The molecule has 1 N–H and O–H groups in total. The molecular formula is C22H20F3N3O3S. The molecule has 1 aromatic carbocycles. The molecular weight excluding hydrogens is 443 g/mol. The molecule has 32 heavy (non-hydrogen) atoms. The minimum Gasteiger partial charge on any atom is -0.468 e. The number of para-hydroxylation sites is 2. The number of nitrogens with one attached hydrogen (secondary N) is 1. The van der Waals surface area contributed by atoms with E-state index in [0.29, 0.717) is 17.2 Å². The Labute approximate surface area is 186 Å². The maximum atomic E-state index is 13.9. The van der Waals surface area contributed by atoms with E-state index in [1.807, 2.05) is 17.5 Å². The summed E-state index contributed by atoms with van der Waals surface area (Å²) >= 11 is 1.49. The average Bonchev–Trinajstić information content (AvgIpc) is 3.39. The Morgan fingerprint density at radius 2 is 1.97 bits per heavy atom. The van der Waals surface area contributed by atoms with Crippen LogP contribution in [-0.2, 0) is 22.7 Å². The highest BCUT2D eigenvalue weighted by molar-refractivity contribution is 7.09. The van der Waals surface area contributed by atoms with Gasteiger partial charge < -0.3 is 9.73 Å². The van der Waals surface area contributed by atoms with Gasteiger partial charge >= 0.3 is 6.18 Å². The van der Waals surface area contributed by atoms with Crippen molar-refractivity contribution < 1.29 is 27.2 Å². The number of anilines is 2. The number of hydrogen-bond donors (Lipinski definition) is 1. The quantitative estimate of drug-likeness (QED) is 0.578. The van der Waals surface area contributed by atoms with Crippen LogP contribution < -0.4 is 10.2 Å². The summed E-state index contributed by atoms with van der Waals surface area (Å²) in [5, 5.41) is 4.37. The molecule has 2 aromatic heterocycles. The van der Waals surface area contributed by atoms with Gasteiger partial charge in [-0.3, -0.25) is 19.4 Å². The molecule has 1 atom stereocenters. The van der Waals surface area contributed by atoms with Crippen LogP contribution in [0.2, 0.25) is 0 Å². The number of halogens is 3. The van der Waals surface area contributed by atoms with Gasteiger partial charge in [-0.05, 0) is 35.7 Å². The molecule has 0 spiro atoms. The minimum absolute atomic E-state index is 0.0275. The Balaban J connectivity index is 1.66. The van der Waals surface area contributed by atoms with Crippen molar-refractivity contribution in [3.05, 3.63) is 70.8 Å². The van der Waals surface area contributed by atoms with Gasteiger partial charge in [0.1, 0.15) is 11.8 Å². The van der Waals surface area contributed by atoms with Gasteiger partial charge in [0.15, 0.2) is 0 Å². The third-order valence-corrected chi connectivity index (χ3v) is 5.91. The van der Waals surface area contributed by atoms with E-state index in [0.717, 1.165) is 4.88 Å². The molecule has 10 heteroatoms. The van der Waals surface area contributed by atoms with E-state index in [9.17, 15) is 22.8 Å². The molecule has 0 bridgehead atoms. The molecule has 3 aromatic rings. The molecule has 0 saturated heterocycles. The number of fused-ring (bicyclic) bond motifs is 1. The first-order valence-electron chi connectivity index (χ1n) is 9.86. The number of amides is 2. The fourth-order valence-corrected chi connectivity index (χ4v) is 4.42. The molecule has 168 valence electrons. The topological polar surface area (TPSA) is 65.8 Å². The third kappa shape index (κ3) is 5.03. The molecule has 1 aliphatic rings. The summed E-state index contributed by atoms with van der Waals surface area (Å²) in [7, 11) is 0. The molecule has 4 rings (SSSR count). The van der Waals surface area contributed by atoms with Crippen LogP contribution in [0.3, 0.4) is 0 Å². The number of benzene rings is 1. The number of hydrogen-bond acceptors (Lipinski definition) is 5. The fraction of sp³-hybridized carbons (Fsp3) is 0.273. The second kappa shape index (κ2) is 9.17. The molecule has 1 aliphatic heterocycles. The Bertz CT molecular complexity index is 1030. The van der Waals surface area contributed by atoms with Gasteiger partial charge in [0.25, 0.3) is 0 Å². The van der Waals surface area contributed by atoms with E-state index in [-0.39, 0.29) is 24.5 Å². The number of rotatable bonds is 6. The lowest BCUT2D eigenvalue weighted by Gasteiger charge is -2.33. The van der Waals surface area contributed by atoms with Crippen LogP contribution in [-0.4, -0.2) is 35.5 Å². The number of carbonyl (C=O) groups excluding carboxylic acids is 2. The van der Waals surface area contributed by atoms with Crippen LogP contribution in [0.15, 0.2) is 64.6 Å². The first-order chi connectivity index (χ1) is 15.3. The summed E-state index contributed by atoms with van der Waals surface area (Å²) in [6.07, 6.45) is -4.14. The Hall–Kier alpha value is -3.11. The predicted molar refractivity (Wildman–Crippen MR) is 114 cm³/mol. The van der Waals surface area contributed by atoms with Crippen LogP contribution in [0, 0.1) is 0 Å². The highest BCUT2D eigenvalue weighted by Crippen LogP contribution is 2.37. The number of furan rings is 1. The smallest absolute Gasteiger partial charge is 0.409 e. The van der Waals surface area contributed by atoms with Crippen molar-refractivity contribution in [2.75, 3.05) is 16.8 Å². The van der Waals surface area contributed by atoms with Gasteiger partial charge in [-0.2, -0.15) is 13.2 Å². The Morgan fingerprint density at radius 1 is 1.16 bits per heavy atom. The third-order valence-electron chi connectivity index (χ3n) is 5.05. The zero-order valence-electron chi connectivity index (χ0n) is 16.8. The summed E-state index contributed by atoms with van der Waals surface area (Å²) < 4.78 is 47.2. The minimum atomic E-state index is -4.77. The van der Waals surface area contributed by atoms with E-state index in [1.54, 1.807) is 23.1 Å². The van der Waals surface area contributed by atoms with Crippen molar-refractivity contribution in [1.29, 1.82) is 0 Å². The van der Waals surface area contributed by atoms with Gasteiger partial charge in [0, 0.05) is 11.4 Å². The maximum Gasteiger partial charge on any atom is 0.409 e. The second-order valence-corrected chi connectivity index (χ2v) is 8.43. The van der Waals surface area contributed by atoms with E-state index in [4.69, 9.17) is 4.42 Å². The first-order valence-corrected chi connectivity index (χ1v) is 10.7. The van der Waals surface area contributed by atoms with E-state index in [2.05, 4.69) is 5.32 Å². The molecule has 1 unspecified atom stereocenters. The predicted octanol–water partition coefficient (Wildman–Crippen LogP) is 4.65. The summed E-state index contributed by atoms with van der Waals surface area (Å²) in [6, 6.07) is 11.0. The highest BCUT2D eigenvalue weighted by atomic mass is 32.1. The number of carbonyl (C=O) groups is 2. The molecule has 3 heterocycles. The fourth-order valence-electron chi connectivity index (χ4n) is 3.68. The van der Waals surface area contributed by atoms with Crippen LogP contribution >= 0.6 is 11.3 Å². The normalized spacial score (nSPS) is 16.6. The summed E-state index contributed by atoms with van der Waals surface area (Å²) in [6.45, 7) is 0.334. The number of thiophene rings is 1. The van der Waals surface area contributed by atoms with E-state index in [1.165, 1.54) is 35.8 Å². The first kappa shape index (κ1) is 22.1. The van der Waals surface area contributed by atoms with Crippen molar-refractivity contribution in [2.45, 2.75) is 31.7 Å². The van der Waals surface area contributed by atoms with Crippen molar-refractivity contribution in [2.24, 2.45) is 0 Å². The Kier molecular flexibility index (Phi) is 6.33. The zero-order valence-corrected chi connectivity index (χ0v) is 17.7. The van der Waals surface area contributed by atoms with Gasteiger partial charge in [0.2, 0.25) is 11.8 Å². The van der Waals surface area contributed by atoms with Crippen molar-refractivity contribution >= 4 is 34.5 Å². The van der Waals surface area contributed by atoms with Crippen LogP contribution in [0.4, 0.5) is 24.5 Å². The summed E-state index contributed by atoms with van der Waals surface area (Å²) in [5.41, 5.74) is 0.202. The average molecular weight is 463 g/mol. The molecule has 0 fully saturated rings. The summed E-state index contributed by atoms with van der Waals surface area (Å²) in [5.74, 6) is -0.949. The van der Waals surface area contributed by atoms with E-state index >= 15 is 0 Å². The SMILES string of the molecule is O=C1CC(C(F)(F)F)N(C(=O)CN(Cc2ccco2)Cc2cccs2)c2ccccc2N1. The molecule has 0 radical (unpaired) electrons. The molecule has 2 amide bonds. The van der Waals surface area contributed by atoms with Gasteiger partial charge in [-0.25, -0.2) is 0 Å². The largest absolute Gasteiger partial charge is 0.468 e. The van der Waals surface area contributed by atoms with Crippen LogP contribution in [0.1, 0.15) is 17.1 Å². The number of nitrogens with zero attached hydrogens (tertiary/aromatic N) is 2. The Morgan fingerprint density at radius 3 is 2.66 bits per heavy atom. The summed E-state index contributed by atoms with van der Waals surface area (Å²) in [4.78, 5) is 28.9. The number of alkyl halides is 3. The zero-order chi connectivity index (χ0) is 22.7. The maximum absolute atomic E-state index is 13.9. The lowest BCUT2D eigenvalue weighted by molar-refractivity contribution is -0.158. The lowest BCUT2D eigenvalue weighted by Crippen LogP contribution is -2.52. The van der Waals surface area contributed by atoms with Crippen molar-refractivity contribution in [3.63, 3.8) is 0 Å². The molecule has 6 nitrogen and oxygen atoms in total. The van der Waals surface area contributed by atoms with Crippen molar-refractivity contribution in [1.82, 2.24) is 4.90 Å². The standard InChI is InChI=1S/C22H20F3N3O3S/c23-22(24,25)19-11-20(29)26-17-7-1-2-8-18(17)28(19)21(30)14-27(12-15-5-3-9-31-15)13-16-6-4-10-32-16/h1-10,19H,11-14H2,(H,26,29). The van der Waals surface area contributed by atoms with Gasteiger partial charge in [0.05, 0.1) is 37.1 Å². The van der Waals surface area contributed by atoms with Crippen molar-refractivity contribution in [3.8, 4) is 0 Å². The molecule has 0 saturated carbocycles. The highest BCUT2D eigenvalue weighted by Gasteiger charge is 2.49. The van der Waals surface area contributed by atoms with E-state index < -0.39 is 30.5 Å². The van der Waals surface area contributed by atoms with Gasteiger partial charge in [-0.1, -0.05) is 18.2 Å². The van der Waals surface area contributed by atoms with Gasteiger partial charge in [-0.15, -0.1) is 11.3 Å². The monoisotopic (exact) mass is 463 g/mol. The molecule has 0 aliphatic carbocycles. The lowest BCUT2D eigenvalue weighted by atomic mass is 10.1. The van der Waals surface area contributed by atoms with Crippen LogP contribution in [0.5, 0.6) is 0 Å².